The van der Waals surface area contributed by atoms with Gasteiger partial charge in [0.15, 0.2) is 0 Å². The predicted octanol–water partition coefficient (Wildman–Crippen LogP) is 1.76. The Kier molecular flexibility index (Phi) is 7.49. The van der Waals surface area contributed by atoms with Crippen molar-refractivity contribution in [3.8, 4) is 11.3 Å². The number of quaternary nitrogens is 2. The molecule has 0 atom stereocenters. The lowest BCUT2D eigenvalue weighted by atomic mass is 10.1. The molecule has 188 valence electrons. The summed E-state index contributed by atoms with van der Waals surface area (Å²) in [6, 6.07) is 19.4. The molecule has 4 N–H and O–H groups in total. The van der Waals surface area contributed by atoms with Gasteiger partial charge in [0.05, 0.1) is 12.7 Å². The molecule has 1 aliphatic rings. The lowest BCUT2D eigenvalue weighted by Crippen LogP contribution is -3.26. The molecule has 1 amide bonds. The van der Waals surface area contributed by atoms with Crippen molar-refractivity contribution < 1.29 is 14.6 Å². The number of hydrogen-bond acceptors (Lipinski definition) is 5. The molecule has 0 unspecified atom stereocenters. The van der Waals surface area contributed by atoms with Gasteiger partial charge in [0, 0.05) is 46.7 Å². The van der Waals surface area contributed by atoms with Crippen molar-refractivity contribution in [2.75, 3.05) is 43.9 Å². The standard InChI is InChI=1S/C29H31N7O/c1-21-5-10-25(18-27(21)34-29-31-13-11-26(33-29)24-4-3-12-30-19-24)32-28(37)23-8-6-22(7-9-23)20-36-16-14-35(2)15-17-36/h3-13,18-19H,14-17,20H2,1-2H3,(H,32,37)(H,31,33,34)/p+2. The van der Waals surface area contributed by atoms with E-state index in [9.17, 15) is 4.79 Å². The number of benzene rings is 2. The van der Waals surface area contributed by atoms with Gasteiger partial charge < -0.3 is 20.4 Å². The van der Waals surface area contributed by atoms with Crippen molar-refractivity contribution in [2.45, 2.75) is 13.5 Å². The first-order valence-electron chi connectivity index (χ1n) is 12.7. The SMILES string of the molecule is Cc1ccc(NC(=O)c2ccc(C[NH+]3CC[NH+](C)CC3)cc2)cc1Nc1nccc(-c2cccnc2)n1. The number of aromatic nitrogens is 3. The molecule has 0 aliphatic carbocycles. The summed E-state index contributed by atoms with van der Waals surface area (Å²) >= 11 is 0. The van der Waals surface area contributed by atoms with Gasteiger partial charge in [-0.15, -0.1) is 0 Å². The van der Waals surface area contributed by atoms with Crippen molar-refractivity contribution in [2.24, 2.45) is 0 Å². The quantitative estimate of drug-likeness (QED) is 0.314. The highest BCUT2D eigenvalue weighted by Gasteiger charge is 2.20. The minimum atomic E-state index is -0.133. The Labute approximate surface area is 217 Å². The number of piperazine rings is 1. The molecule has 0 bridgehead atoms. The summed E-state index contributed by atoms with van der Waals surface area (Å²) in [5, 5.41) is 6.31. The fraction of sp³-hybridized carbons (Fsp3) is 0.241. The van der Waals surface area contributed by atoms with E-state index in [-0.39, 0.29) is 5.91 Å². The molecule has 3 heterocycles. The zero-order valence-electron chi connectivity index (χ0n) is 21.3. The summed E-state index contributed by atoms with van der Waals surface area (Å²) in [6.07, 6.45) is 5.22. The highest BCUT2D eigenvalue weighted by atomic mass is 16.1. The first-order valence-corrected chi connectivity index (χ1v) is 12.7. The van der Waals surface area contributed by atoms with Gasteiger partial charge in [0.1, 0.15) is 32.7 Å². The third-order valence-corrected chi connectivity index (χ3v) is 6.84. The lowest BCUT2D eigenvalue weighted by molar-refractivity contribution is -1.01. The fourth-order valence-electron chi connectivity index (χ4n) is 4.52. The van der Waals surface area contributed by atoms with Gasteiger partial charge in [0.2, 0.25) is 5.95 Å². The van der Waals surface area contributed by atoms with Crippen LogP contribution in [0.3, 0.4) is 0 Å². The Bertz CT molecular complexity index is 1350. The van der Waals surface area contributed by atoms with Crippen LogP contribution in [0.2, 0.25) is 0 Å². The van der Waals surface area contributed by atoms with E-state index in [1.165, 1.54) is 31.7 Å². The first-order chi connectivity index (χ1) is 18.0. The number of rotatable bonds is 7. The van der Waals surface area contributed by atoms with Gasteiger partial charge in [-0.3, -0.25) is 9.78 Å². The Morgan fingerprint density at radius 2 is 1.78 bits per heavy atom. The largest absolute Gasteiger partial charge is 0.328 e. The second-order valence-electron chi connectivity index (χ2n) is 9.70. The van der Waals surface area contributed by atoms with Gasteiger partial charge in [-0.05, 0) is 55.0 Å². The average Bonchev–Trinajstić information content (AvgIpc) is 2.93. The number of hydrogen-bond donors (Lipinski definition) is 4. The summed E-state index contributed by atoms with van der Waals surface area (Å²) in [5.74, 6) is 0.346. The van der Waals surface area contributed by atoms with Crippen LogP contribution in [0.4, 0.5) is 17.3 Å². The Morgan fingerprint density at radius 3 is 2.54 bits per heavy atom. The van der Waals surface area contributed by atoms with Gasteiger partial charge in [-0.25, -0.2) is 9.97 Å². The van der Waals surface area contributed by atoms with Crippen molar-refractivity contribution >= 4 is 23.2 Å². The monoisotopic (exact) mass is 495 g/mol. The fourth-order valence-corrected chi connectivity index (χ4v) is 4.52. The molecule has 5 rings (SSSR count). The second kappa shape index (κ2) is 11.3. The number of carbonyl (C=O) groups excluding carboxylic acids is 1. The predicted molar refractivity (Wildman–Crippen MR) is 145 cm³/mol. The van der Waals surface area contributed by atoms with Crippen LogP contribution in [0.15, 0.2) is 79.3 Å². The maximum absolute atomic E-state index is 12.9. The zero-order valence-corrected chi connectivity index (χ0v) is 21.3. The van der Waals surface area contributed by atoms with Crippen LogP contribution in [0, 0.1) is 6.92 Å². The summed E-state index contributed by atoms with van der Waals surface area (Å²) in [4.78, 5) is 29.3. The molecule has 0 saturated carbocycles. The molecule has 8 nitrogen and oxygen atoms in total. The van der Waals surface area contributed by atoms with E-state index in [4.69, 9.17) is 0 Å². The van der Waals surface area contributed by atoms with E-state index in [1.54, 1.807) is 28.4 Å². The number of anilines is 3. The number of nitrogens with zero attached hydrogens (tertiary/aromatic N) is 3. The Balaban J connectivity index is 1.24. The highest BCUT2D eigenvalue weighted by Crippen LogP contribution is 2.24. The number of nitrogens with one attached hydrogen (secondary N) is 4. The number of pyridine rings is 1. The van der Waals surface area contributed by atoms with Crippen molar-refractivity contribution in [1.82, 2.24) is 15.0 Å². The molecule has 0 radical (unpaired) electrons. The third kappa shape index (κ3) is 6.35. The summed E-state index contributed by atoms with van der Waals surface area (Å²) in [7, 11) is 2.26. The van der Waals surface area contributed by atoms with E-state index in [2.05, 4.69) is 44.8 Å². The third-order valence-electron chi connectivity index (χ3n) is 6.84. The summed E-state index contributed by atoms with van der Waals surface area (Å²) in [5.41, 5.74) is 6.16. The number of amides is 1. The van der Waals surface area contributed by atoms with Crippen LogP contribution in [-0.4, -0.2) is 54.1 Å². The number of likely N-dealkylation sites (N-methyl/N-ethyl adjacent to an activating group) is 1. The van der Waals surface area contributed by atoms with Crippen LogP contribution in [0.5, 0.6) is 0 Å². The van der Waals surface area contributed by atoms with Crippen molar-refractivity contribution in [1.29, 1.82) is 0 Å². The van der Waals surface area contributed by atoms with E-state index in [0.717, 1.165) is 29.1 Å². The van der Waals surface area contributed by atoms with E-state index in [1.807, 2.05) is 55.5 Å². The molecule has 0 spiro atoms. The van der Waals surface area contributed by atoms with Crippen molar-refractivity contribution in [3.63, 3.8) is 0 Å². The van der Waals surface area contributed by atoms with Gasteiger partial charge in [-0.2, -0.15) is 0 Å². The smallest absolute Gasteiger partial charge is 0.255 e. The molecule has 1 fully saturated rings. The topological polar surface area (TPSA) is 88.7 Å². The van der Waals surface area contributed by atoms with E-state index < -0.39 is 0 Å². The molecule has 2 aromatic carbocycles. The molecule has 37 heavy (non-hydrogen) atoms. The van der Waals surface area contributed by atoms with Crippen LogP contribution < -0.4 is 20.4 Å². The average molecular weight is 496 g/mol. The first kappa shape index (κ1) is 24.5. The number of carbonyl (C=O) groups is 1. The highest BCUT2D eigenvalue weighted by molar-refractivity contribution is 6.04. The summed E-state index contributed by atoms with van der Waals surface area (Å²) < 4.78 is 0. The molecule has 8 heteroatoms. The molecule has 1 aliphatic heterocycles. The molecule has 2 aromatic heterocycles. The van der Waals surface area contributed by atoms with Gasteiger partial charge in [0.25, 0.3) is 5.91 Å². The van der Waals surface area contributed by atoms with Gasteiger partial charge >= 0.3 is 0 Å². The van der Waals surface area contributed by atoms with E-state index >= 15 is 0 Å². The second-order valence-corrected chi connectivity index (χ2v) is 9.70. The van der Waals surface area contributed by atoms with Crippen LogP contribution in [-0.2, 0) is 6.54 Å². The lowest BCUT2D eigenvalue weighted by Gasteiger charge is -2.27. The Morgan fingerprint density at radius 1 is 0.973 bits per heavy atom. The van der Waals surface area contributed by atoms with E-state index in [0.29, 0.717) is 17.2 Å². The normalized spacial score (nSPS) is 17.2. The molecular weight excluding hydrogens is 462 g/mol. The Hall–Kier alpha value is -4.14. The number of aryl methyl sites for hydroxylation is 1. The van der Waals surface area contributed by atoms with Crippen LogP contribution >= 0.6 is 0 Å². The summed E-state index contributed by atoms with van der Waals surface area (Å²) in [6.45, 7) is 7.82. The minimum absolute atomic E-state index is 0.133. The molecule has 4 aromatic rings. The van der Waals surface area contributed by atoms with Gasteiger partial charge in [-0.1, -0.05) is 18.2 Å². The maximum Gasteiger partial charge on any atom is 0.255 e. The van der Waals surface area contributed by atoms with Crippen LogP contribution in [0.1, 0.15) is 21.5 Å². The maximum atomic E-state index is 12.9. The molecule has 1 saturated heterocycles. The van der Waals surface area contributed by atoms with Crippen molar-refractivity contribution in [3.05, 3.63) is 95.9 Å². The zero-order chi connectivity index (χ0) is 25.6. The van der Waals surface area contributed by atoms with Crippen LogP contribution in [0.25, 0.3) is 11.3 Å². The minimum Gasteiger partial charge on any atom is -0.328 e. The molecular formula is C29H33N7O+2.